The molecule has 0 aliphatic heterocycles. The monoisotopic (exact) mass is 442 g/mol. The Labute approximate surface area is 220 Å². The topological polar surface area (TPSA) is 57.2 Å². The SMILES string of the molecule is CCCCCCCc1cccc2c(S(=O)(=O)[O-])ccc(CCCCCCC)c12.[K+]. The summed E-state index contributed by atoms with van der Waals surface area (Å²) in [5.74, 6) is 0. The number of hydrogen-bond acceptors (Lipinski definition) is 3. The number of benzene rings is 2. The Bertz CT molecular complexity index is 826. The van der Waals surface area contributed by atoms with Crippen LogP contribution in [0.15, 0.2) is 35.2 Å². The molecule has 0 aliphatic rings. The van der Waals surface area contributed by atoms with E-state index in [1.807, 2.05) is 12.1 Å². The Morgan fingerprint density at radius 3 is 1.76 bits per heavy atom. The average molecular weight is 443 g/mol. The Kier molecular flexibility index (Phi) is 13.5. The minimum atomic E-state index is -4.48. The first-order valence-corrected chi connectivity index (χ1v) is 12.4. The van der Waals surface area contributed by atoms with Gasteiger partial charge in [-0.25, -0.2) is 8.42 Å². The number of fused-ring (bicyclic) bond motifs is 1. The minimum absolute atomic E-state index is 0. The summed E-state index contributed by atoms with van der Waals surface area (Å²) in [5.41, 5.74) is 2.37. The zero-order chi connectivity index (χ0) is 20.4. The molecule has 3 nitrogen and oxygen atoms in total. The molecule has 0 saturated carbocycles. The Hall–Kier alpha value is 0.246. The van der Waals surface area contributed by atoms with Crippen molar-refractivity contribution in [3.8, 4) is 0 Å². The minimum Gasteiger partial charge on any atom is -0.744 e. The predicted molar refractivity (Wildman–Crippen MR) is 117 cm³/mol. The molecule has 29 heavy (non-hydrogen) atoms. The molecule has 0 radical (unpaired) electrons. The zero-order valence-electron chi connectivity index (χ0n) is 18.5. The van der Waals surface area contributed by atoms with Crippen molar-refractivity contribution in [1.29, 1.82) is 0 Å². The predicted octanol–water partition coefficient (Wildman–Crippen LogP) is 3.77. The molecular weight excluding hydrogens is 407 g/mol. The summed E-state index contributed by atoms with van der Waals surface area (Å²) in [4.78, 5) is -0.0786. The van der Waals surface area contributed by atoms with Gasteiger partial charge in [-0.15, -0.1) is 0 Å². The molecule has 0 fully saturated rings. The van der Waals surface area contributed by atoms with E-state index in [9.17, 15) is 13.0 Å². The molecule has 156 valence electrons. The fourth-order valence-electron chi connectivity index (χ4n) is 4.01. The fourth-order valence-corrected chi connectivity index (χ4v) is 4.68. The first-order chi connectivity index (χ1) is 13.5. The quantitative estimate of drug-likeness (QED) is 0.269. The van der Waals surface area contributed by atoms with Crippen LogP contribution in [0.25, 0.3) is 10.8 Å². The molecule has 2 aromatic rings. The molecule has 2 aromatic carbocycles. The second-order valence-corrected chi connectivity index (χ2v) is 9.19. The van der Waals surface area contributed by atoms with E-state index in [-0.39, 0.29) is 56.3 Å². The van der Waals surface area contributed by atoms with Crippen molar-refractivity contribution in [3.05, 3.63) is 41.5 Å². The van der Waals surface area contributed by atoms with Crippen molar-refractivity contribution >= 4 is 20.9 Å². The summed E-state index contributed by atoms with van der Waals surface area (Å²) >= 11 is 0. The molecule has 0 unspecified atom stereocenters. The Morgan fingerprint density at radius 1 is 0.724 bits per heavy atom. The van der Waals surface area contributed by atoms with E-state index < -0.39 is 10.1 Å². The van der Waals surface area contributed by atoms with Crippen molar-refractivity contribution in [2.75, 3.05) is 0 Å². The maximum absolute atomic E-state index is 11.8. The van der Waals surface area contributed by atoms with E-state index >= 15 is 0 Å². The first kappa shape index (κ1) is 27.3. The van der Waals surface area contributed by atoms with Crippen molar-refractivity contribution < 1.29 is 64.4 Å². The van der Waals surface area contributed by atoms with Crippen molar-refractivity contribution in [2.24, 2.45) is 0 Å². The molecule has 0 aromatic heterocycles. The number of hydrogen-bond donors (Lipinski definition) is 0. The van der Waals surface area contributed by atoms with Crippen molar-refractivity contribution in [1.82, 2.24) is 0 Å². The van der Waals surface area contributed by atoms with Gasteiger partial charge >= 0.3 is 51.4 Å². The van der Waals surface area contributed by atoms with Gasteiger partial charge in [0.25, 0.3) is 0 Å². The smallest absolute Gasteiger partial charge is 0.744 e. The van der Waals surface area contributed by atoms with Crippen LogP contribution in [0.4, 0.5) is 0 Å². The Balaban J connectivity index is 0.00000420. The van der Waals surface area contributed by atoms with Gasteiger partial charge in [-0.2, -0.15) is 0 Å². The van der Waals surface area contributed by atoms with Crippen molar-refractivity contribution in [2.45, 2.75) is 95.8 Å². The molecular formula is C24H35KO3S. The van der Waals surface area contributed by atoms with Crippen LogP contribution in [0.2, 0.25) is 0 Å². The van der Waals surface area contributed by atoms with Gasteiger partial charge in [0.2, 0.25) is 0 Å². The van der Waals surface area contributed by atoms with Crippen LogP contribution >= 0.6 is 0 Å². The molecule has 0 amide bonds. The largest absolute Gasteiger partial charge is 1.00 e. The molecule has 0 saturated heterocycles. The molecule has 0 spiro atoms. The molecule has 5 heteroatoms. The van der Waals surface area contributed by atoms with Crippen LogP contribution in [0.3, 0.4) is 0 Å². The van der Waals surface area contributed by atoms with E-state index in [1.165, 1.54) is 68.6 Å². The normalized spacial score (nSPS) is 11.6. The van der Waals surface area contributed by atoms with Crippen LogP contribution in [0.1, 0.15) is 89.2 Å². The van der Waals surface area contributed by atoms with Gasteiger partial charge in [-0.1, -0.05) is 89.5 Å². The first-order valence-electron chi connectivity index (χ1n) is 11.0. The second kappa shape index (κ2) is 14.3. The number of rotatable bonds is 13. The molecule has 0 N–H and O–H groups in total. The zero-order valence-corrected chi connectivity index (χ0v) is 22.4. The van der Waals surface area contributed by atoms with E-state index in [0.717, 1.165) is 31.1 Å². The van der Waals surface area contributed by atoms with E-state index in [0.29, 0.717) is 5.39 Å². The van der Waals surface area contributed by atoms with Crippen LogP contribution in [-0.2, 0) is 23.0 Å². The summed E-state index contributed by atoms with van der Waals surface area (Å²) in [6.07, 6.45) is 13.9. The van der Waals surface area contributed by atoms with Crippen LogP contribution in [0, 0.1) is 0 Å². The summed E-state index contributed by atoms with van der Waals surface area (Å²) in [6, 6.07) is 9.17. The third-order valence-electron chi connectivity index (χ3n) is 5.54. The fraction of sp³-hybridized carbons (Fsp3) is 0.583. The molecule has 0 atom stereocenters. The van der Waals surface area contributed by atoms with Crippen LogP contribution < -0.4 is 51.4 Å². The molecule has 2 rings (SSSR count). The summed E-state index contributed by atoms with van der Waals surface area (Å²) in [6.45, 7) is 4.42. The van der Waals surface area contributed by atoms with E-state index in [1.54, 1.807) is 6.07 Å². The van der Waals surface area contributed by atoms with Crippen LogP contribution in [0.5, 0.6) is 0 Å². The number of unbranched alkanes of at least 4 members (excludes halogenated alkanes) is 8. The molecule has 0 bridgehead atoms. The summed E-state index contributed by atoms with van der Waals surface area (Å²) < 4.78 is 35.3. The number of aryl methyl sites for hydroxylation is 2. The maximum Gasteiger partial charge on any atom is 1.00 e. The van der Waals surface area contributed by atoms with Gasteiger partial charge in [0, 0.05) is 0 Å². The van der Waals surface area contributed by atoms with Gasteiger partial charge in [0.1, 0.15) is 10.1 Å². The van der Waals surface area contributed by atoms with Gasteiger partial charge in [-0.05, 0) is 53.6 Å². The van der Waals surface area contributed by atoms with Crippen molar-refractivity contribution in [3.63, 3.8) is 0 Å². The van der Waals surface area contributed by atoms with Gasteiger partial charge in [0.15, 0.2) is 0 Å². The van der Waals surface area contributed by atoms with Gasteiger partial charge in [-0.3, -0.25) is 0 Å². The third kappa shape index (κ3) is 8.72. The van der Waals surface area contributed by atoms with E-state index in [2.05, 4.69) is 19.9 Å². The van der Waals surface area contributed by atoms with Gasteiger partial charge < -0.3 is 4.55 Å². The Morgan fingerprint density at radius 2 is 1.24 bits per heavy atom. The summed E-state index contributed by atoms with van der Waals surface area (Å²) in [5, 5.41) is 1.61. The second-order valence-electron chi connectivity index (χ2n) is 7.85. The van der Waals surface area contributed by atoms with E-state index in [4.69, 9.17) is 0 Å². The van der Waals surface area contributed by atoms with Gasteiger partial charge in [0.05, 0.1) is 4.90 Å². The van der Waals surface area contributed by atoms with Crippen LogP contribution in [-0.4, -0.2) is 13.0 Å². The third-order valence-corrected chi connectivity index (χ3v) is 6.44. The average Bonchev–Trinajstić information content (AvgIpc) is 2.66. The maximum atomic E-state index is 11.8. The summed E-state index contributed by atoms with van der Waals surface area (Å²) in [7, 11) is -4.48. The molecule has 0 heterocycles. The molecule has 0 aliphatic carbocycles. The standard InChI is InChI=1S/C24H36O3S.K/c1-3-5-7-9-11-14-20-16-13-17-22-23(28(25,26)27)19-18-21(24(20)22)15-12-10-8-6-4-2;/h13,16-19H,3-12,14-15H2,1-2H3,(H,25,26,27);/q;+1/p-1.